The highest BCUT2D eigenvalue weighted by molar-refractivity contribution is 5.94. The first-order valence-electron chi connectivity index (χ1n) is 13.4. The molecule has 7 nitrogen and oxygen atoms in total. The number of halogens is 2. The average Bonchev–Trinajstić information content (AvgIpc) is 3.27. The van der Waals surface area contributed by atoms with Crippen molar-refractivity contribution >= 4 is 16.7 Å². The summed E-state index contributed by atoms with van der Waals surface area (Å²) in [4.78, 5) is 13.7. The zero-order valence-electron chi connectivity index (χ0n) is 21.6. The van der Waals surface area contributed by atoms with E-state index in [1.54, 1.807) is 6.07 Å². The van der Waals surface area contributed by atoms with E-state index >= 15 is 4.39 Å². The SMILES string of the molecule is CN1CCc2cccc(Oc3nc(N4CC5CCC(C4)N5)c4ccc(-c5c(O)cccc5F)c(F)c4n3)c2C1. The van der Waals surface area contributed by atoms with E-state index in [-0.39, 0.29) is 28.4 Å². The third-order valence-electron chi connectivity index (χ3n) is 8.17. The van der Waals surface area contributed by atoms with Crippen molar-refractivity contribution in [1.29, 1.82) is 0 Å². The van der Waals surface area contributed by atoms with Crippen molar-refractivity contribution < 1.29 is 18.6 Å². The van der Waals surface area contributed by atoms with Gasteiger partial charge in [-0.2, -0.15) is 9.97 Å². The summed E-state index contributed by atoms with van der Waals surface area (Å²) in [5, 5.41) is 14.5. The van der Waals surface area contributed by atoms with Gasteiger partial charge in [0, 0.05) is 54.8 Å². The van der Waals surface area contributed by atoms with Gasteiger partial charge in [0.25, 0.3) is 0 Å². The number of hydrogen-bond donors (Lipinski definition) is 2. The molecular weight excluding hydrogens is 500 g/mol. The molecule has 0 aliphatic carbocycles. The van der Waals surface area contributed by atoms with Crippen LogP contribution in [-0.4, -0.2) is 58.7 Å². The third kappa shape index (κ3) is 4.26. The van der Waals surface area contributed by atoms with Gasteiger partial charge in [0.1, 0.15) is 28.7 Å². The van der Waals surface area contributed by atoms with Gasteiger partial charge in [0.15, 0.2) is 5.82 Å². The number of aromatic nitrogens is 2. The van der Waals surface area contributed by atoms with Crippen LogP contribution in [0, 0.1) is 11.6 Å². The molecule has 2 bridgehead atoms. The molecule has 0 saturated carbocycles. The van der Waals surface area contributed by atoms with E-state index in [0.717, 1.165) is 51.0 Å². The van der Waals surface area contributed by atoms with Gasteiger partial charge >= 0.3 is 6.01 Å². The summed E-state index contributed by atoms with van der Waals surface area (Å²) >= 11 is 0. The van der Waals surface area contributed by atoms with Crippen LogP contribution in [-0.2, 0) is 13.0 Å². The second-order valence-corrected chi connectivity index (χ2v) is 10.8. The predicted octanol–water partition coefficient (Wildman–Crippen LogP) is 5.00. The van der Waals surface area contributed by atoms with Crippen LogP contribution in [0.25, 0.3) is 22.0 Å². The topological polar surface area (TPSA) is 73.8 Å². The number of phenols is 1. The van der Waals surface area contributed by atoms with Crippen LogP contribution in [0.2, 0.25) is 0 Å². The Hall–Kier alpha value is -3.82. The smallest absolute Gasteiger partial charge is 0.324 e. The molecule has 3 aliphatic heterocycles. The molecule has 1 aromatic heterocycles. The Kier molecular flexibility index (Phi) is 5.86. The molecule has 9 heteroatoms. The number of benzene rings is 3. The van der Waals surface area contributed by atoms with Crippen LogP contribution < -0.4 is 15.0 Å². The summed E-state index contributed by atoms with van der Waals surface area (Å²) in [5.74, 6) is -0.531. The van der Waals surface area contributed by atoms with Crippen molar-refractivity contribution in [3.8, 4) is 28.6 Å². The minimum Gasteiger partial charge on any atom is -0.507 e. The van der Waals surface area contributed by atoms with Crippen LogP contribution >= 0.6 is 0 Å². The molecule has 2 atom stereocenters. The summed E-state index contributed by atoms with van der Waals surface area (Å²) in [7, 11) is 2.07. The van der Waals surface area contributed by atoms with Gasteiger partial charge in [-0.25, -0.2) is 8.78 Å². The van der Waals surface area contributed by atoms with Gasteiger partial charge in [-0.05, 0) is 56.1 Å². The lowest BCUT2D eigenvalue weighted by Crippen LogP contribution is -2.51. The van der Waals surface area contributed by atoms with E-state index in [1.165, 1.54) is 29.8 Å². The molecule has 2 fully saturated rings. The summed E-state index contributed by atoms with van der Waals surface area (Å²) < 4.78 is 37.2. The number of ether oxygens (including phenoxy) is 1. The highest BCUT2D eigenvalue weighted by atomic mass is 19.1. The Bertz CT molecular complexity index is 1560. The number of aromatic hydroxyl groups is 1. The maximum atomic E-state index is 16.2. The van der Waals surface area contributed by atoms with E-state index in [1.807, 2.05) is 12.1 Å². The molecule has 0 spiro atoms. The highest BCUT2D eigenvalue weighted by Crippen LogP contribution is 2.40. The molecule has 200 valence electrons. The number of phenolic OH excluding ortho intramolecular Hbond substituents is 1. The standard InChI is InChI=1S/C30H29F2N5O2/c1-36-13-12-17-4-2-7-25(22(17)16-36)39-30-34-28-21(29(35-30)37-14-18-8-9-19(15-37)33-18)11-10-20(27(28)32)26-23(31)5-3-6-24(26)38/h2-7,10-11,18-19,33,38H,8-9,12-16H2,1H3. The Labute approximate surface area is 225 Å². The molecule has 39 heavy (non-hydrogen) atoms. The van der Waals surface area contributed by atoms with Crippen molar-refractivity contribution in [1.82, 2.24) is 20.2 Å². The van der Waals surface area contributed by atoms with Crippen LogP contribution in [0.5, 0.6) is 17.5 Å². The van der Waals surface area contributed by atoms with Crippen molar-refractivity contribution in [2.45, 2.75) is 37.9 Å². The second kappa shape index (κ2) is 9.43. The molecule has 4 aromatic rings. The first kappa shape index (κ1) is 24.2. The normalized spacial score (nSPS) is 20.8. The number of nitrogens with zero attached hydrogens (tertiary/aromatic N) is 4. The molecular formula is C30H29F2N5O2. The number of hydrogen-bond acceptors (Lipinski definition) is 7. The van der Waals surface area contributed by atoms with Gasteiger partial charge in [0.2, 0.25) is 0 Å². The number of rotatable bonds is 4. The van der Waals surface area contributed by atoms with Crippen molar-refractivity contribution in [3.63, 3.8) is 0 Å². The first-order chi connectivity index (χ1) is 18.9. The number of fused-ring (bicyclic) bond motifs is 4. The molecule has 7 rings (SSSR count). The Morgan fingerprint density at radius 3 is 2.59 bits per heavy atom. The van der Waals surface area contributed by atoms with E-state index in [4.69, 9.17) is 9.72 Å². The van der Waals surface area contributed by atoms with Crippen LogP contribution in [0.4, 0.5) is 14.6 Å². The number of nitrogens with one attached hydrogen (secondary N) is 1. The molecule has 3 aromatic carbocycles. The highest BCUT2D eigenvalue weighted by Gasteiger charge is 2.34. The van der Waals surface area contributed by atoms with E-state index in [9.17, 15) is 9.50 Å². The van der Waals surface area contributed by atoms with Crippen molar-refractivity contribution in [3.05, 3.63) is 71.3 Å². The van der Waals surface area contributed by atoms with Crippen LogP contribution in [0.1, 0.15) is 24.0 Å². The summed E-state index contributed by atoms with van der Waals surface area (Å²) in [6.07, 6.45) is 3.09. The summed E-state index contributed by atoms with van der Waals surface area (Å²) in [5.41, 5.74) is 2.06. The van der Waals surface area contributed by atoms with Gasteiger partial charge in [-0.1, -0.05) is 24.3 Å². The van der Waals surface area contributed by atoms with Gasteiger partial charge in [-0.3, -0.25) is 0 Å². The number of anilines is 1. The zero-order valence-corrected chi connectivity index (χ0v) is 21.6. The quantitative estimate of drug-likeness (QED) is 0.385. The van der Waals surface area contributed by atoms with E-state index < -0.39 is 11.6 Å². The lowest BCUT2D eigenvalue weighted by atomic mass is 9.99. The molecule has 0 radical (unpaired) electrons. The molecule has 2 saturated heterocycles. The Morgan fingerprint density at radius 1 is 1.00 bits per heavy atom. The largest absolute Gasteiger partial charge is 0.507 e. The minimum absolute atomic E-state index is 0.0305. The third-order valence-corrected chi connectivity index (χ3v) is 8.17. The molecule has 2 unspecified atom stereocenters. The lowest BCUT2D eigenvalue weighted by Gasteiger charge is -2.34. The minimum atomic E-state index is -0.727. The maximum Gasteiger partial charge on any atom is 0.324 e. The molecule has 2 N–H and O–H groups in total. The fourth-order valence-corrected chi connectivity index (χ4v) is 6.23. The second-order valence-electron chi connectivity index (χ2n) is 10.8. The number of likely N-dealkylation sites (N-methyl/N-ethyl adjacent to an activating group) is 1. The number of piperazine rings is 1. The molecule has 4 heterocycles. The first-order valence-corrected chi connectivity index (χ1v) is 13.4. The van der Waals surface area contributed by atoms with Crippen molar-refractivity contribution in [2.75, 3.05) is 31.6 Å². The summed E-state index contributed by atoms with van der Waals surface area (Å²) in [6, 6.07) is 13.8. The van der Waals surface area contributed by atoms with Gasteiger partial charge in [-0.15, -0.1) is 0 Å². The van der Waals surface area contributed by atoms with E-state index in [0.29, 0.717) is 29.0 Å². The zero-order chi connectivity index (χ0) is 26.7. The average molecular weight is 530 g/mol. The fraction of sp³-hybridized carbons (Fsp3) is 0.333. The molecule has 0 amide bonds. The van der Waals surface area contributed by atoms with Crippen LogP contribution in [0.3, 0.4) is 0 Å². The monoisotopic (exact) mass is 529 g/mol. The predicted molar refractivity (Wildman–Crippen MR) is 145 cm³/mol. The Morgan fingerprint density at radius 2 is 1.79 bits per heavy atom. The van der Waals surface area contributed by atoms with Crippen LogP contribution in [0.15, 0.2) is 48.5 Å². The van der Waals surface area contributed by atoms with Gasteiger partial charge < -0.3 is 25.0 Å². The van der Waals surface area contributed by atoms with E-state index in [2.05, 4.69) is 33.2 Å². The maximum absolute atomic E-state index is 16.2. The van der Waals surface area contributed by atoms with Crippen molar-refractivity contribution in [2.24, 2.45) is 0 Å². The fourth-order valence-electron chi connectivity index (χ4n) is 6.23. The Balaban J connectivity index is 1.39. The van der Waals surface area contributed by atoms with Gasteiger partial charge in [0.05, 0.1) is 5.56 Å². The summed E-state index contributed by atoms with van der Waals surface area (Å²) in [6.45, 7) is 3.18. The lowest BCUT2D eigenvalue weighted by molar-refractivity contribution is 0.304. The molecule has 3 aliphatic rings.